The van der Waals surface area contributed by atoms with Gasteiger partial charge in [0.2, 0.25) is 5.91 Å². The number of anilines is 2. The Balaban J connectivity index is 2.54. The summed E-state index contributed by atoms with van der Waals surface area (Å²) in [5.41, 5.74) is 1.82. The summed E-state index contributed by atoms with van der Waals surface area (Å²) in [6.07, 6.45) is 2.52. The van der Waals surface area contributed by atoms with Crippen LogP contribution < -0.4 is 10.2 Å². The first-order valence-electron chi connectivity index (χ1n) is 6.31. The molecule has 0 aliphatic heterocycles. The topological polar surface area (TPSA) is 52.6 Å². The minimum Gasteiger partial charge on any atom is -0.395 e. The highest BCUT2D eigenvalue weighted by Crippen LogP contribution is 2.17. The van der Waals surface area contributed by atoms with Crippen molar-refractivity contribution in [1.82, 2.24) is 0 Å². The zero-order chi connectivity index (χ0) is 14.3. The Morgan fingerprint density at radius 2 is 2.05 bits per heavy atom. The Bertz CT molecular complexity index is 395. The maximum Gasteiger partial charge on any atom is 0.225 e. The largest absolute Gasteiger partial charge is 0.395 e. The van der Waals surface area contributed by atoms with Crippen LogP contribution in [-0.4, -0.2) is 42.7 Å². The predicted octanol–water partition coefficient (Wildman–Crippen LogP) is 2.20. The molecule has 0 spiro atoms. The van der Waals surface area contributed by atoms with Gasteiger partial charge in [-0.05, 0) is 30.5 Å². The van der Waals surface area contributed by atoms with E-state index >= 15 is 0 Å². The lowest BCUT2D eigenvalue weighted by Crippen LogP contribution is -2.21. The van der Waals surface area contributed by atoms with Gasteiger partial charge in [0, 0.05) is 36.6 Å². The van der Waals surface area contributed by atoms with Crippen LogP contribution in [0.1, 0.15) is 13.3 Å². The fourth-order valence-corrected chi connectivity index (χ4v) is 1.95. The Labute approximate surface area is 119 Å². The molecule has 0 saturated carbocycles. The highest BCUT2D eigenvalue weighted by molar-refractivity contribution is 7.99. The molecule has 4 nitrogen and oxygen atoms in total. The SMILES string of the molecule is CSC(C)CC(=O)Nc1ccc(N(C)CCO)cc1. The van der Waals surface area contributed by atoms with Gasteiger partial charge in [0.05, 0.1) is 6.61 Å². The minimum absolute atomic E-state index is 0.0401. The molecule has 1 amide bonds. The molecule has 1 aromatic carbocycles. The number of hydrogen-bond acceptors (Lipinski definition) is 4. The number of nitrogens with zero attached hydrogens (tertiary/aromatic N) is 1. The average Bonchev–Trinajstić information content (AvgIpc) is 2.39. The van der Waals surface area contributed by atoms with Crippen molar-refractivity contribution in [3.05, 3.63) is 24.3 Å². The van der Waals surface area contributed by atoms with Gasteiger partial charge < -0.3 is 15.3 Å². The van der Waals surface area contributed by atoms with E-state index in [1.807, 2.05) is 49.4 Å². The molecule has 1 aromatic rings. The molecule has 0 fully saturated rings. The van der Waals surface area contributed by atoms with E-state index in [4.69, 9.17) is 5.11 Å². The lowest BCUT2D eigenvalue weighted by molar-refractivity contribution is -0.116. The molecule has 2 N–H and O–H groups in total. The number of amides is 1. The number of nitrogens with one attached hydrogen (secondary N) is 1. The number of hydrogen-bond donors (Lipinski definition) is 2. The highest BCUT2D eigenvalue weighted by Gasteiger charge is 2.08. The van der Waals surface area contributed by atoms with Crippen molar-refractivity contribution in [2.75, 3.05) is 36.7 Å². The van der Waals surface area contributed by atoms with Gasteiger partial charge in [-0.3, -0.25) is 4.79 Å². The van der Waals surface area contributed by atoms with E-state index in [1.54, 1.807) is 11.8 Å². The lowest BCUT2D eigenvalue weighted by atomic mass is 10.2. The minimum atomic E-state index is 0.0401. The van der Waals surface area contributed by atoms with Crippen LogP contribution in [0.2, 0.25) is 0 Å². The first-order chi connectivity index (χ1) is 9.06. The summed E-state index contributed by atoms with van der Waals surface area (Å²) in [4.78, 5) is 13.7. The Morgan fingerprint density at radius 1 is 1.42 bits per heavy atom. The normalized spacial score (nSPS) is 12.0. The molecule has 0 bridgehead atoms. The van der Waals surface area contributed by atoms with Gasteiger partial charge in [0.15, 0.2) is 0 Å². The van der Waals surface area contributed by atoms with Crippen molar-refractivity contribution in [1.29, 1.82) is 0 Å². The van der Waals surface area contributed by atoms with E-state index in [2.05, 4.69) is 5.32 Å². The smallest absolute Gasteiger partial charge is 0.225 e. The molecular formula is C14H22N2O2S. The number of carbonyl (C=O) groups is 1. The molecule has 0 aliphatic carbocycles. The van der Waals surface area contributed by atoms with E-state index in [-0.39, 0.29) is 12.5 Å². The Morgan fingerprint density at radius 3 is 2.58 bits per heavy atom. The van der Waals surface area contributed by atoms with Crippen LogP contribution in [0.5, 0.6) is 0 Å². The summed E-state index contributed by atoms with van der Waals surface area (Å²) >= 11 is 1.68. The molecule has 0 aliphatic rings. The van der Waals surface area contributed by atoms with Gasteiger partial charge in [-0.15, -0.1) is 0 Å². The van der Waals surface area contributed by atoms with Gasteiger partial charge >= 0.3 is 0 Å². The van der Waals surface area contributed by atoms with Crippen molar-refractivity contribution in [3.63, 3.8) is 0 Å². The van der Waals surface area contributed by atoms with Crippen molar-refractivity contribution < 1.29 is 9.90 Å². The number of carbonyl (C=O) groups excluding carboxylic acids is 1. The number of aliphatic hydroxyl groups excluding tert-OH is 1. The fraction of sp³-hybridized carbons (Fsp3) is 0.500. The van der Waals surface area contributed by atoms with Gasteiger partial charge in [-0.25, -0.2) is 0 Å². The van der Waals surface area contributed by atoms with Crippen molar-refractivity contribution in [2.24, 2.45) is 0 Å². The maximum absolute atomic E-state index is 11.7. The van der Waals surface area contributed by atoms with Gasteiger partial charge in [0.1, 0.15) is 0 Å². The van der Waals surface area contributed by atoms with Crippen LogP contribution >= 0.6 is 11.8 Å². The first kappa shape index (κ1) is 15.9. The number of rotatable bonds is 7. The Hall–Kier alpha value is -1.20. The summed E-state index contributed by atoms with van der Waals surface area (Å²) in [6, 6.07) is 7.63. The van der Waals surface area contributed by atoms with Crippen LogP contribution in [-0.2, 0) is 4.79 Å². The van der Waals surface area contributed by atoms with E-state index in [9.17, 15) is 4.79 Å². The summed E-state index contributed by atoms with van der Waals surface area (Å²) in [6.45, 7) is 2.76. The molecule has 0 radical (unpaired) electrons. The van der Waals surface area contributed by atoms with Crippen LogP contribution in [0.3, 0.4) is 0 Å². The van der Waals surface area contributed by atoms with Crippen LogP contribution in [0, 0.1) is 0 Å². The number of likely N-dealkylation sites (N-methyl/N-ethyl adjacent to an activating group) is 1. The number of benzene rings is 1. The zero-order valence-corrected chi connectivity index (χ0v) is 12.5. The average molecular weight is 282 g/mol. The molecule has 1 rings (SSSR count). The second-order valence-electron chi connectivity index (χ2n) is 4.49. The van der Waals surface area contributed by atoms with Crippen LogP contribution in [0.25, 0.3) is 0 Å². The van der Waals surface area contributed by atoms with Gasteiger partial charge in [-0.2, -0.15) is 11.8 Å². The molecule has 106 valence electrons. The first-order valence-corrected chi connectivity index (χ1v) is 7.60. The van der Waals surface area contributed by atoms with Crippen molar-refractivity contribution in [2.45, 2.75) is 18.6 Å². The second-order valence-corrected chi connectivity index (χ2v) is 5.77. The third-order valence-electron chi connectivity index (χ3n) is 2.90. The van der Waals surface area contributed by atoms with E-state index in [1.165, 1.54) is 0 Å². The summed E-state index contributed by atoms with van der Waals surface area (Å²) < 4.78 is 0. The quantitative estimate of drug-likeness (QED) is 0.805. The molecular weight excluding hydrogens is 260 g/mol. The summed E-state index contributed by atoms with van der Waals surface area (Å²) in [5, 5.41) is 12.1. The second kappa shape index (κ2) is 8.07. The van der Waals surface area contributed by atoms with Crippen molar-refractivity contribution >= 4 is 29.0 Å². The molecule has 1 unspecified atom stereocenters. The summed E-state index contributed by atoms with van der Waals surface area (Å²) in [5.74, 6) is 0.0401. The van der Waals surface area contributed by atoms with Gasteiger partial charge in [-0.1, -0.05) is 6.92 Å². The van der Waals surface area contributed by atoms with E-state index in [0.29, 0.717) is 18.2 Å². The summed E-state index contributed by atoms with van der Waals surface area (Å²) in [7, 11) is 1.92. The number of thioether (sulfide) groups is 1. The van der Waals surface area contributed by atoms with Crippen molar-refractivity contribution in [3.8, 4) is 0 Å². The lowest BCUT2D eigenvalue weighted by Gasteiger charge is -2.18. The monoisotopic (exact) mass is 282 g/mol. The predicted molar refractivity (Wildman–Crippen MR) is 83.0 cm³/mol. The molecule has 19 heavy (non-hydrogen) atoms. The number of aliphatic hydroxyl groups is 1. The molecule has 5 heteroatoms. The van der Waals surface area contributed by atoms with Crippen LogP contribution in [0.4, 0.5) is 11.4 Å². The third-order valence-corrected chi connectivity index (χ3v) is 3.87. The van der Waals surface area contributed by atoms with Crippen LogP contribution in [0.15, 0.2) is 24.3 Å². The molecule has 0 aromatic heterocycles. The third kappa shape index (κ3) is 5.53. The zero-order valence-electron chi connectivity index (χ0n) is 11.7. The fourth-order valence-electron chi connectivity index (χ4n) is 1.63. The van der Waals surface area contributed by atoms with E-state index in [0.717, 1.165) is 11.4 Å². The maximum atomic E-state index is 11.7. The molecule has 0 saturated heterocycles. The highest BCUT2D eigenvalue weighted by atomic mass is 32.2. The molecule has 1 atom stereocenters. The standard InChI is InChI=1S/C14H22N2O2S/c1-11(19-3)10-14(18)15-12-4-6-13(7-5-12)16(2)8-9-17/h4-7,11,17H,8-10H2,1-3H3,(H,15,18). The van der Waals surface area contributed by atoms with E-state index < -0.39 is 0 Å². The van der Waals surface area contributed by atoms with Gasteiger partial charge in [0.25, 0.3) is 0 Å². The molecule has 0 heterocycles. The Kier molecular flexibility index (Phi) is 6.73.